The molecular weight excluding hydrogens is 210 g/mol. The second-order valence-electron chi connectivity index (χ2n) is 4.13. The van der Waals surface area contributed by atoms with E-state index in [1.165, 1.54) is 0 Å². The van der Waals surface area contributed by atoms with E-state index in [2.05, 4.69) is 5.32 Å². The number of methoxy groups -OCH3 is 1. The van der Waals surface area contributed by atoms with Crippen LogP contribution in [0, 0.1) is 11.8 Å². The molecule has 0 radical (unpaired) electrons. The van der Waals surface area contributed by atoms with Crippen molar-refractivity contribution in [1.82, 2.24) is 5.32 Å². The molecule has 1 rings (SSSR count). The minimum Gasteiger partial charge on any atom is -0.481 e. The number of nitrogens with one attached hydrogen (secondary N) is 1. The number of unbranched alkanes of at least 4 members (excludes halogenated alkanes) is 2. The predicted octanol–water partition coefficient (Wildman–Crippen LogP) is 0.640. The Labute approximate surface area is 95.2 Å². The molecule has 1 aliphatic rings. The lowest BCUT2D eigenvalue weighted by atomic mass is 10.2. The summed E-state index contributed by atoms with van der Waals surface area (Å²) in [5.41, 5.74) is 0. The number of hydrogen-bond donors (Lipinski definition) is 2. The quantitative estimate of drug-likeness (QED) is 0.599. The number of carboxylic acid groups (broad SMARTS) is 1. The molecule has 2 atom stereocenters. The van der Waals surface area contributed by atoms with Crippen LogP contribution in [-0.2, 0) is 14.3 Å². The summed E-state index contributed by atoms with van der Waals surface area (Å²) in [6.07, 6.45) is 3.42. The van der Waals surface area contributed by atoms with Gasteiger partial charge in [0.25, 0.3) is 0 Å². The number of carbonyl (C=O) groups excluding carboxylic acids is 1. The highest BCUT2D eigenvalue weighted by atomic mass is 16.5. The molecule has 0 aromatic carbocycles. The first-order valence-electron chi connectivity index (χ1n) is 5.66. The smallest absolute Gasteiger partial charge is 0.307 e. The van der Waals surface area contributed by atoms with Gasteiger partial charge < -0.3 is 15.2 Å². The Morgan fingerprint density at radius 1 is 1.31 bits per heavy atom. The van der Waals surface area contributed by atoms with Crippen molar-refractivity contribution in [2.24, 2.45) is 11.8 Å². The maximum Gasteiger partial charge on any atom is 0.307 e. The number of amides is 1. The van der Waals surface area contributed by atoms with Crippen LogP contribution in [0.15, 0.2) is 0 Å². The summed E-state index contributed by atoms with van der Waals surface area (Å²) in [6.45, 7) is 1.38. The van der Waals surface area contributed by atoms with Crippen LogP contribution in [0.25, 0.3) is 0 Å². The van der Waals surface area contributed by atoms with E-state index < -0.39 is 11.9 Å². The zero-order valence-electron chi connectivity index (χ0n) is 9.57. The molecule has 5 nitrogen and oxygen atoms in total. The fourth-order valence-electron chi connectivity index (χ4n) is 1.65. The first-order valence-corrected chi connectivity index (χ1v) is 5.66. The van der Waals surface area contributed by atoms with E-state index in [-0.39, 0.29) is 11.8 Å². The number of carbonyl (C=O) groups is 2. The van der Waals surface area contributed by atoms with Crippen molar-refractivity contribution in [3.05, 3.63) is 0 Å². The summed E-state index contributed by atoms with van der Waals surface area (Å²) in [5, 5.41) is 11.4. The zero-order chi connectivity index (χ0) is 12.0. The largest absolute Gasteiger partial charge is 0.481 e. The van der Waals surface area contributed by atoms with Crippen molar-refractivity contribution in [3.8, 4) is 0 Å². The zero-order valence-corrected chi connectivity index (χ0v) is 9.57. The standard InChI is InChI=1S/C11H19NO4/c1-16-6-4-2-3-5-12-10(13)8-7-9(8)11(14)15/h8-9H,2-7H2,1H3,(H,12,13)(H,14,15). The summed E-state index contributed by atoms with van der Waals surface area (Å²) in [4.78, 5) is 21.9. The number of hydrogen-bond acceptors (Lipinski definition) is 3. The molecule has 2 unspecified atom stereocenters. The van der Waals surface area contributed by atoms with Crippen LogP contribution in [0.5, 0.6) is 0 Å². The molecule has 0 aromatic heterocycles. The molecule has 0 saturated heterocycles. The third-order valence-corrected chi connectivity index (χ3v) is 2.77. The molecule has 5 heteroatoms. The van der Waals surface area contributed by atoms with Gasteiger partial charge in [0.15, 0.2) is 0 Å². The first-order chi connectivity index (χ1) is 7.66. The summed E-state index contributed by atoms with van der Waals surface area (Å²) in [6, 6.07) is 0. The molecule has 0 spiro atoms. The van der Waals surface area contributed by atoms with Crippen LogP contribution >= 0.6 is 0 Å². The fourth-order valence-corrected chi connectivity index (χ4v) is 1.65. The van der Waals surface area contributed by atoms with E-state index in [4.69, 9.17) is 9.84 Å². The summed E-state index contributed by atoms with van der Waals surface area (Å²) < 4.78 is 4.91. The SMILES string of the molecule is COCCCCCNC(=O)C1CC1C(=O)O. The van der Waals surface area contributed by atoms with Crippen LogP contribution in [0.4, 0.5) is 0 Å². The Morgan fingerprint density at radius 3 is 2.62 bits per heavy atom. The summed E-state index contributed by atoms with van der Waals surface area (Å²) in [5.74, 6) is -1.72. The molecule has 0 bridgehead atoms. The average Bonchev–Trinajstić information content (AvgIpc) is 3.02. The van der Waals surface area contributed by atoms with E-state index in [1.54, 1.807) is 7.11 Å². The Morgan fingerprint density at radius 2 is 2.06 bits per heavy atom. The minimum absolute atomic E-state index is 0.112. The monoisotopic (exact) mass is 229 g/mol. The number of aliphatic carboxylic acids is 1. The molecule has 1 fully saturated rings. The Kier molecular flexibility index (Phi) is 5.25. The normalized spacial score (nSPS) is 22.8. The van der Waals surface area contributed by atoms with Crippen molar-refractivity contribution >= 4 is 11.9 Å². The lowest BCUT2D eigenvalue weighted by molar-refractivity contribution is -0.140. The van der Waals surface area contributed by atoms with Gasteiger partial charge in [-0.3, -0.25) is 9.59 Å². The molecule has 0 heterocycles. The maximum absolute atomic E-state index is 11.4. The molecule has 92 valence electrons. The fraction of sp³-hybridized carbons (Fsp3) is 0.818. The van der Waals surface area contributed by atoms with Crippen LogP contribution < -0.4 is 5.32 Å². The van der Waals surface area contributed by atoms with Crippen molar-refractivity contribution < 1.29 is 19.4 Å². The van der Waals surface area contributed by atoms with Gasteiger partial charge in [-0.15, -0.1) is 0 Å². The van der Waals surface area contributed by atoms with Gasteiger partial charge >= 0.3 is 5.97 Å². The van der Waals surface area contributed by atoms with Gasteiger partial charge in [0.05, 0.1) is 11.8 Å². The molecule has 2 N–H and O–H groups in total. The Hall–Kier alpha value is -1.10. The van der Waals surface area contributed by atoms with Crippen LogP contribution in [0.1, 0.15) is 25.7 Å². The second-order valence-corrected chi connectivity index (χ2v) is 4.13. The molecule has 0 aromatic rings. The molecule has 1 amide bonds. The highest BCUT2D eigenvalue weighted by Gasteiger charge is 2.48. The number of rotatable bonds is 8. The second kappa shape index (κ2) is 6.48. The summed E-state index contributed by atoms with van der Waals surface area (Å²) in [7, 11) is 1.67. The summed E-state index contributed by atoms with van der Waals surface area (Å²) >= 11 is 0. The Bertz CT molecular complexity index is 254. The molecule has 16 heavy (non-hydrogen) atoms. The van der Waals surface area contributed by atoms with Gasteiger partial charge in [0.2, 0.25) is 5.91 Å². The van der Waals surface area contributed by atoms with Gasteiger partial charge in [-0.2, -0.15) is 0 Å². The third-order valence-electron chi connectivity index (χ3n) is 2.77. The maximum atomic E-state index is 11.4. The molecule has 1 saturated carbocycles. The van der Waals surface area contributed by atoms with Gasteiger partial charge in [0, 0.05) is 20.3 Å². The molecular formula is C11H19NO4. The van der Waals surface area contributed by atoms with E-state index in [9.17, 15) is 9.59 Å². The number of carboxylic acids is 1. The lowest BCUT2D eigenvalue weighted by Gasteiger charge is -2.04. The predicted molar refractivity (Wildman–Crippen MR) is 58.0 cm³/mol. The van der Waals surface area contributed by atoms with Gasteiger partial charge in [0.1, 0.15) is 0 Å². The lowest BCUT2D eigenvalue weighted by Crippen LogP contribution is -2.27. The van der Waals surface area contributed by atoms with Gasteiger partial charge in [-0.25, -0.2) is 0 Å². The van der Waals surface area contributed by atoms with E-state index in [0.29, 0.717) is 13.0 Å². The molecule has 0 aliphatic heterocycles. The minimum atomic E-state index is -0.861. The Balaban J connectivity index is 1.98. The van der Waals surface area contributed by atoms with Crippen molar-refractivity contribution in [1.29, 1.82) is 0 Å². The highest BCUT2D eigenvalue weighted by molar-refractivity contribution is 5.89. The third kappa shape index (κ3) is 4.18. The molecule has 1 aliphatic carbocycles. The van der Waals surface area contributed by atoms with Crippen molar-refractivity contribution in [3.63, 3.8) is 0 Å². The number of ether oxygens (including phenoxy) is 1. The van der Waals surface area contributed by atoms with Crippen LogP contribution in [-0.4, -0.2) is 37.2 Å². The van der Waals surface area contributed by atoms with Crippen LogP contribution in [0.3, 0.4) is 0 Å². The first kappa shape index (κ1) is 13.0. The van der Waals surface area contributed by atoms with E-state index >= 15 is 0 Å². The average molecular weight is 229 g/mol. The van der Waals surface area contributed by atoms with E-state index in [1.807, 2.05) is 0 Å². The van der Waals surface area contributed by atoms with E-state index in [0.717, 1.165) is 25.9 Å². The van der Waals surface area contributed by atoms with Crippen LogP contribution in [0.2, 0.25) is 0 Å². The topological polar surface area (TPSA) is 75.6 Å². The van der Waals surface area contributed by atoms with Gasteiger partial charge in [-0.05, 0) is 25.7 Å². The van der Waals surface area contributed by atoms with Gasteiger partial charge in [-0.1, -0.05) is 0 Å². The highest BCUT2D eigenvalue weighted by Crippen LogP contribution is 2.38. The van der Waals surface area contributed by atoms with Crippen molar-refractivity contribution in [2.75, 3.05) is 20.3 Å². The van der Waals surface area contributed by atoms with Crippen molar-refractivity contribution in [2.45, 2.75) is 25.7 Å².